The average molecular weight is 342 g/mol. The minimum absolute atomic E-state index is 0.00246. The number of benzene rings is 1. The van der Waals surface area contributed by atoms with E-state index in [2.05, 4.69) is 15.9 Å². The van der Waals surface area contributed by atoms with Gasteiger partial charge in [0.15, 0.2) is 0 Å². The predicted octanol–water partition coefficient (Wildman–Crippen LogP) is 2.72. The summed E-state index contributed by atoms with van der Waals surface area (Å²) in [6.45, 7) is 3.90. The Balaban J connectivity index is 1.96. The maximum absolute atomic E-state index is 12.5. The predicted molar refractivity (Wildman–Crippen MR) is 81.5 cm³/mol. The SMILES string of the molecule is Cc1c(O)cccc1C(=O)N1CCC(OCCBr)CC1. The van der Waals surface area contributed by atoms with Gasteiger partial charge in [-0.05, 0) is 31.9 Å². The Morgan fingerprint density at radius 1 is 1.45 bits per heavy atom. The van der Waals surface area contributed by atoms with Crippen molar-refractivity contribution in [1.82, 2.24) is 4.90 Å². The molecule has 1 amide bonds. The standard InChI is InChI=1S/C15H20BrNO3/c1-11-13(3-2-4-14(11)18)15(19)17-8-5-12(6-9-17)20-10-7-16/h2-4,12,18H,5-10H2,1H3. The van der Waals surface area contributed by atoms with E-state index in [-0.39, 0.29) is 17.8 Å². The van der Waals surface area contributed by atoms with Crippen LogP contribution in [0.2, 0.25) is 0 Å². The number of rotatable bonds is 4. The topological polar surface area (TPSA) is 49.8 Å². The number of piperidine rings is 1. The van der Waals surface area contributed by atoms with Crippen LogP contribution in [-0.4, -0.2) is 47.0 Å². The lowest BCUT2D eigenvalue weighted by atomic mass is 10.0. The van der Waals surface area contributed by atoms with Crippen LogP contribution in [0.1, 0.15) is 28.8 Å². The summed E-state index contributed by atoms with van der Waals surface area (Å²) in [4.78, 5) is 14.3. The number of amides is 1. The summed E-state index contributed by atoms with van der Waals surface area (Å²) in [6.07, 6.45) is 1.99. The lowest BCUT2D eigenvalue weighted by molar-refractivity contribution is 0.0159. The van der Waals surface area contributed by atoms with Crippen molar-refractivity contribution in [3.63, 3.8) is 0 Å². The molecule has 0 atom stereocenters. The third-order valence-corrected chi connectivity index (χ3v) is 4.02. The summed E-state index contributed by atoms with van der Waals surface area (Å²) in [6, 6.07) is 5.08. The monoisotopic (exact) mass is 341 g/mol. The first-order valence-corrected chi connectivity index (χ1v) is 8.01. The van der Waals surface area contributed by atoms with E-state index in [1.807, 2.05) is 4.90 Å². The van der Waals surface area contributed by atoms with Crippen molar-refractivity contribution in [2.45, 2.75) is 25.9 Å². The average Bonchev–Trinajstić information content (AvgIpc) is 2.48. The first-order chi connectivity index (χ1) is 9.63. The second-order valence-corrected chi connectivity index (χ2v) is 5.79. The van der Waals surface area contributed by atoms with E-state index < -0.39 is 0 Å². The number of carbonyl (C=O) groups is 1. The molecule has 1 aliphatic heterocycles. The Kier molecular flexibility index (Phi) is 5.43. The number of likely N-dealkylation sites (tertiary alicyclic amines) is 1. The highest BCUT2D eigenvalue weighted by Crippen LogP contribution is 2.23. The maximum atomic E-state index is 12.5. The fraction of sp³-hybridized carbons (Fsp3) is 0.533. The molecule has 0 aliphatic carbocycles. The molecule has 1 fully saturated rings. The second kappa shape index (κ2) is 7.09. The number of hydrogen-bond donors (Lipinski definition) is 1. The van der Waals surface area contributed by atoms with Crippen LogP contribution in [0, 0.1) is 6.92 Å². The van der Waals surface area contributed by atoms with Crippen molar-refractivity contribution in [2.75, 3.05) is 25.0 Å². The number of phenols is 1. The third-order valence-electron chi connectivity index (χ3n) is 3.70. The molecule has 5 heteroatoms. The molecule has 1 heterocycles. The number of carbonyl (C=O) groups excluding carboxylic acids is 1. The molecule has 1 aromatic rings. The minimum Gasteiger partial charge on any atom is -0.508 e. The molecule has 0 unspecified atom stereocenters. The molecule has 0 radical (unpaired) electrons. The number of alkyl halides is 1. The van der Waals surface area contributed by atoms with Crippen molar-refractivity contribution < 1.29 is 14.6 Å². The molecular formula is C15H20BrNO3. The largest absolute Gasteiger partial charge is 0.508 e. The van der Waals surface area contributed by atoms with E-state index in [4.69, 9.17) is 4.74 Å². The first-order valence-electron chi connectivity index (χ1n) is 6.89. The van der Waals surface area contributed by atoms with Gasteiger partial charge in [-0.2, -0.15) is 0 Å². The van der Waals surface area contributed by atoms with Crippen LogP contribution in [0.5, 0.6) is 5.75 Å². The molecule has 20 heavy (non-hydrogen) atoms. The number of hydrogen-bond acceptors (Lipinski definition) is 3. The Morgan fingerprint density at radius 3 is 2.80 bits per heavy atom. The minimum atomic E-state index is -0.00246. The molecular weight excluding hydrogens is 322 g/mol. The second-order valence-electron chi connectivity index (χ2n) is 5.00. The molecule has 0 saturated carbocycles. The molecule has 0 aromatic heterocycles. The van der Waals surface area contributed by atoms with Crippen molar-refractivity contribution in [1.29, 1.82) is 0 Å². The zero-order chi connectivity index (χ0) is 14.5. The zero-order valence-corrected chi connectivity index (χ0v) is 13.2. The highest BCUT2D eigenvalue weighted by Gasteiger charge is 2.25. The van der Waals surface area contributed by atoms with E-state index in [0.717, 1.165) is 18.2 Å². The van der Waals surface area contributed by atoms with E-state index in [9.17, 15) is 9.90 Å². The van der Waals surface area contributed by atoms with Crippen LogP contribution in [0.3, 0.4) is 0 Å². The lowest BCUT2D eigenvalue weighted by Crippen LogP contribution is -2.41. The van der Waals surface area contributed by atoms with Gasteiger partial charge in [-0.15, -0.1) is 0 Å². The number of halogens is 1. The Hall–Kier alpha value is -1.07. The molecule has 4 nitrogen and oxygen atoms in total. The van der Waals surface area contributed by atoms with Crippen LogP contribution in [0.15, 0.2) is 18.2 Å². The van der Waals surface area contributed by atoms with Gasteiger partial charge >= 0.3 is 0 Å². The molecule has 0 bridgehead atoms. The Bertz CT molecular complexity index is 470. The number of nitrogens with zero attached hydrogens (tertiary/aromatic N) is 1. The highest BCUT2D eigenvalue weighted by atomic mass is 79.9. The Labute approximate surface area is 127 Å². The molecule has 1 aliphatic rings. The van der Waals surface area contributed by atoms with Gasteiger partial charge in [-0.3, -0.25) is 4.79 Å². The smallest absolute Gasteiger partial charge is 0.254 e. The fourth-order valence-electron chi connectivity index (χ4n) is 2.46. The normalized spacial score (nSPS) is 16.4. The van der Waals surface area contributed by atoms with Gasteiger partial charge in [0.2, 0.25) is 0 Å². The summed E-state index contributed by atoms with van der Waals surface area (Å²) in [7, 11) is 0. The number of ether oxygens (including phenoxy) is 1. The highest BCUT2D eigenvalue weighted by molar-refractivity contribution is 9.09. The van der Waals surface area contributed by atoms with E-state index in [1.165, 1.54) is 0 Å². The van der Waals surface area contributed by atoms with Crippen LogP contribution in [-0.2, 0) is 4.74 Å². The van der Waals surface area contributed by atoms with Crippen molar-refractivity contribution in [3.8, 4) is 5.75 Å². The van der Waals surface area contributed by atoms with Crippen LogP contribution >= 0.6 is 15.9 Å². The summed E-state index contributed by atoms with van der Waals surface area (Å²) < 4.78 is 5.68. The quantitative estimate of drug-likeness (QED) is 0.856. The van der Waals surface area contributed by atoms with Crippen molar-refractivity contribution in [3.05, 3.63) is 29.3 Å². The van der Waals surface area contributed by atoms with Crippen molar-refractivity contribution >= 4 is 21.8 Å². The molecule has 2 rings (SSSR count). The molecule has 1 N–H and O–H groups in total. The van der Waals surface area contributed by atoms with Gasteiger partial charge in [0.05, 0.1) is 12.7 Å². The molecule has 1 saturated heterocycles. The van der Waals surface area contributed by atoms with Gasteiger partial charge in [0.25, 0.3) is 5.91 Å². The van der Waals surface area contributed by atoms with E-state index >= 15 is 0 Å². The fourth-order valence-corrected chi connectivity index (χ4v) is 2.65. The summed E-state index contributed by atoms with van der Waals surface area (Å²) >= 11 is 3.34. The van der Waals surface area contributed by atoms with Gasteiger partial charge in [0, 0.05) is 29.5 Å². The van der Waals surface area contributed by atoms with Crippen molar-refractivity contribution in [2.24, 2.45) is 0 Å². The van der Waals surface area contributed by atoms with Gasteiger partial charge < -0.3 is 14.7 Å². The van der Waals surface area contributed by atoms with Crippen LogP contribution < -0.4 is 0 Å². The van der Waals surface area contributed by atoms with Crippen LogP contribution in [0.4, 0.5) is 0 Å². The summed E-state index contributed by atoms with van der Waals surface area (Å²) in [5.74, 6) is 0.170. The maximum Gasteiger partial charge on any atom is 0.254 e. The molecule has 0 spiro atoms. The Morgan fingerprint density at radius 2 is 2.15 bits per heavy atom. The van der Waals surface area contributed by atoms with Crippen LogP contribution in [0.25, 0.3) is 0 Å². The lowest BCUT2D eigenvalue weighted by Gasteiger charge is -2.32. The van der Waals surface area contributed by atoms with Gasteiger partial charge in [-0.1, -0.05) is 22.0 Å². The van der Waals surface area contributed by atoms with Gasteiger partial charge in [0.1, 0.15) is 5.75 Å². The van der Waals surface area contributed by atoms with Gasteiger partial charge in [-0.25, -0.2) is 0 Å². The van der Waals surface area contributed by atoms with E-state index in [0.29, 0.717) is 30.8 Å². The molecule has 1 aromatic carbocycles. The molecule has 110 valence electrons. The van der Waals surface area contributed by atoms with E-state index in [1.54, 1.807) is 25.1 Å². The number of aromatic hydroxyl groups is 1. The third kappa shape index (κ3) is 3.52. The summed E-state index contributed by atoms with van der Waals surface area (Å²) in [5, 5.41) is 10.5. The first kappa shape index (κ1) is 15.3. The number of phenolic OH excluding ortho intramolecular Hbond substituents is 1. The summed E-state index contributed by atoms with van der Waals surface area (Å²) in [5.41, 5.74) is 1.24. The zero-order valence-electron chi connectivity index (χ0n) is 11.6.